The number of benzene rings is 1. The normalized spacial score (nSPS) is 14.8. The van der Waals surface area contributed by atoms with Gasteiger partial charge in [0.2, 0.25) is 11.8 Å². The largest absolute Gasteiger partial charge is 0.399 e. The molecule has 0 aliphatic carbocycles. The molecule has 0 unspecified atom stereocenters. The van der Waals surface area contributed by atoms with Gasteiger partial charge in [-0.15, -0.1) is 0 Å². The van der Waals surface area contributed by atoms with Crippen LogP contribution in [0.4, 0.5) is 16.2 Å². The molecule has 20 heavy (non-hydrogen) atoms. The van der Waals surface area contributed by atoms with Crippen molar-refractivity contribution in [2.45, 2.75) is 13.3 Å². The number of hydrogen-bond acceptors (Lipinski definition) is 5. The fourth-order valence-corrected chi connectivity index (χ4v) is 2.60. The number of thioether (sulfide) groups is 1. The minimum Gasteiger partial charge on any atom is -0.399 e. The Hall–Kier alpha value is -2.02. The van der Waals surface area contributed by atoms with Crippen molar-refractivity contribution in [2.24, 2.45) is 0 Å². The molecule has 1 heterocycles. The minimum atomic E-state index is -0.286. The van der Waals surface area contributed by atoms with E-state index in [0.717, 1.165) is 22.2 Å². The molecule has 1 aliphatic heterocycles. The van der Waals surface area contributed by atoms with Crippen LogP contribution in [0.5, 0.6) is 0 Å². The molecule has 7 heteroatoms. The van der Waals surface area contributed by atoms with Gasteiger partial charge in [0, 0.05) is 24.3 Å². The Balaban J connectivity index is 1.89. The number of nitrogens with one attached hydrogen (secondary N) is 1. The van der Waals surface area contributed by atoms with Crippen LogP contribution >= 0.6 is 11.8 Å². The number of nitrogen functional groups attached to an aromatic ring is 1. The van der Waals surface area contributed by atoms with Crippen LogP contribution in [0.2, 0.25) is 0 Å². The smallest absolute Gasteiger partial charge is 0.288 e. The topological polar surface area (TPSA) is 92.5 Å². The van der Waals surface area contributed by atoms with Crippen LogP contribution < -0.4 is 11.1 Å². The molecule has 6 nitrogen and oxygen atoms in total. The number of hydrogen-bond donors (Lipinski definition) is 2. The van der Waals surface area contributed by atoms with Gasteiger partial charge in [0.25, 0.3) is 5.24 Å². The molecule has 1 aromatic rings. The standard InChI is InChI=1S/C13H15N3O3S/c1-8-6-9(14)2-3-10(8)15-11(17)4-5-16-12(18)7-20-13(16)19/h2-3,6H,4-5,7,14H2,1H3,(H,15,17). The van der Waals surface area contributed by atoms with E-state index in [2.05, 4.69) is 5.32 Å². The van der Waals surface area contributed by atoms with Crippen molar-refractivity contribution in [1.29, 1.82) is 0 Å². The van der Waals surface area contributed by atoms with Crippen molar-refractivity contribution in [3.05, 3.63) is 23.8 Å². The van der Waals surface area contributed by atoms with Crippen LogP contribution in [0, 0.1) is 6.92 Å². The van der Waals surface area contributed by atoms with E-state index in [1.54, 1.807) is 18.2 Å². The van der Waals surface area contributed by atoms with Crippen LogP contribution in [-0.2, 0) is 9.59 Å². The molecule has 0 aromatic heterocycles. The number of anilines is 2. The first kappa shape index (κ1) is 14.4. The van der Waals surface area contributed by atoms with Gasteiger partial charge in [0.05, 0.1) is 5.75 Å². The lowest BCUT2D eigenvalue weighted by Crippen LogP contribution is -2.32. The van der Waals surface area contributed by atoms with Crippen molar-refractivity contribution >= 4 is 40.2 Å². The summed E-state index contributed by atoms with van der Waals surface area (Å²) in [6.45, 7) is 1.96. The van der Waals surface area contributed by atoms with Gasteiger partial charge in [-0.05, 0) is 30.7 Å². The molecule has 3 N–H and O–H groups in total. The first-order valence-electron chi connectivity index (χ1n) is 6.10. The van der Waals surface area contributed by atoms with Crippen LogP contribution in [0.1, 0.15) is 12.0 Å². The van der Waals surface area contributed by atoms with Gasteiger partial charge < -0.3 is 11.1 Å². The van der Waals surface area contributed by atoms with E-state index in [1.165, 1.54) is 0 Å². The summed E-state index contributed by atoms with van der Waals surface area (Å²) >= 11 is 0.965. The van der Waals surface area contributed by atoms with Gasteiger partial charge in [-0.2, -0.15) is 0 Å². The maximum Gasteiger partial charge on any atom is 0.288 e. The zero-order valence-corrected chi connectivity index (χ0v) is 11.8. The van der Waals surface area contributed by atoms with E-state index >= 15 is 0 Å². The Morgan fingerprint density at radius 2 is 2.20 bits per heavy atom. The van der Waals surface area contributed by atoms with E-state index in [0.29, 0.717) is 11.4 Å². The summed E-state index contributed by atoms with van der Waals surface area (Å²) in [5.41, 5.74) is 7.81. The first-order chi connectivity index (χ1) is 9.47. The highest BCUT2D eigenvalue weighted by Crippen LogP contribution is 2.20. The first-order valence-corrected chi connectivity index (χ1v) is 7.09. The molecular formula is C13H15N3O3S. The summed E-state index contributed by atoms with van der Waals surface area (Å²) in [6, 6.07) is 5.19. The summed E-state index contributed by atoms with van der Waals surface area (Å²) in [4.78, 5) is 35.7. The third-order valence-electron chi connectivity index (χ3n) is 2.93. The molecule has 0 spiro atoms. The average molecular weight is 293 g/mol. The lowest BCUT2D eigenvalue weighted by atomic mass is 10.2. The molecule has 3 amide bonds. The van der Waals surface area contributed by atoms with E-state index in [9.17, 15) is 14.4 Å². The number of aryl methyl sites for hydroxylation is 1. The summed E-state index contributed by atoms with van der Waals surface area (Å²) in [5, 5.41) is 2.45. The molecule has 1 aliphatic rings. The Labute approximate surface area is 120 Å². The molecular weight excluding hydrogens is 278 g/mol. The third-order valence-corrected chi connectivity index (χ3v) is 3.79. The van der Waals surface area contributed by atoms with Crippen molar-refractivity contribution < 1.29 is 14.4 Å². The monoisotopic (exact) mass is 293 g/mol. The Bertz CT molecular complexity index is 558. The molecule has 1 fully saturated rings. The average Bonchev–Trinajstić information content (AvgIpc) is 2.70. The molecule has 1 saturated heterocycles. The third kappa shape index (κ3) is 3.30. The highest BCUT2D eigenvalue weighted by molar-refractivity contribution is 8.14. The van der Waals surface area contributed by atoms with Gasteiger partial charge in [-0.3, -0.25) is 19.3 Å². The summed E-state index contributed by atoms with van der Waals surface area (Å²) in [5.74, 6) is -0.316. The number of nitrogens with two attached hydrogens (primary N) is 1. The number of rotatable bonds is 4. The van der Waals surface area contributed by atoms with E-state index < -0.39 is 0 Å². The van der Waals surface area contributed by atoms with Crippen molar-refractivity contribution in [2.75, 3.05) is 23.3 Å². The van der Waals surface area contributed by atoms with E-state index in [-0.39, 0.29) is 35.8 Å². The maximum absolute atomic E-state index is 11.8. The second kappa shape index (κ2) is 5.96. The maximum atomic E-state index is 11.8. The number of carbonyl (C=O) groups is 3. The predicted octanol–water partition coefficient (Wildman–Crippen LogP) is 1.60. The highest BCUT2D eigenvalue weighted by Gasteiger charge is 2.29. The molecule has 2 rings (SSSR count). The zero-order valence-electron chi connectivity index (χ0n) is 11.0. The van der Waals surface area contributed by atoms with Gasteiger partial charge in [-0.25, -0.2) is 0 Å². The van der Waals surface area contributed by atoms with Gasteiger partial charge in [0.1, 0.15) is 0 Å². The molecule has 106 valence electrons. The number of carbonyl (C=O) groups excluding carboxylic acids is 3. The molecule has 1 aromatic carbocycles. The zero-order chi connectivity index (χ0) is 14.7. The van der Waals surface area contributed by atoms with Crippen molar-refractivity contribution in [3.8, 4) is 0 Å². The number of amides is 3. The van der Waals surface area contributed by atoms with Crippen LogP contribution in [0.3, 0.4) is 0 Å². The molecule has 0 atom stereocenters. The second-order valence-electron chi connectivity index (χ2n) is 4.47. The van der Waals surface area contributed by atoms with Crippen molar-refractivity contribution in [3.63, 3.8) is 0 Å². The van der Waals surface area contributed by atoms with Crippen LogP contribution in [0.15, 0.2) is 18.2 Å². The fraction of sp³-hybridized carbons (Fsp3) is 0.308. The quantitative estimate of drug-likeness (QED) is 0.823. The van der Waals surface area contributed by atoms with Crippen LogP contribution in [0.25, 0.3) is 0 Å². The van der Waals surface area contributed by atoms with Crippen molar-refractivity contribution in [1.82, 2.24) is 4.90 Å². The molecule has 0 bridgehead atoms. The fourth-order valence-electron chi connectivity index (χ4n) is 1.85. The lowest BCUT2D eigenvalue weighted by molar-refractivity contribution is -0.125. The van der Waals surface area contributed by atoms with Gasteiger partial charge >= 0.3 is 0 Å². The van der Waals surface area contributed by atoms with E-state index in [4.69, 9.17) is 5.73 Å². The Kier molecular flexibility index (Phi) is 4.29. The Morgan fingerprint density at radius 1 is 1.45 bits per heavy atom. The van der Waals surface area contributed by atoms with Crippen LogP contribution in [-0.4, -0.2) is 34.3 Å². The summed E-state index contributed by atoms with van der Waals surface area (Å²) < 4.78 is 0. The predicted molar refractivity (Wildman–Crippen MR) is 78.4 cm³/mol. The highest BCUT2D eigenvalue weighted by atomic mass is 32.2. The molecule has 0 saturated carbocycles. The summed E-state index contributed by atoms with van der Waals surface area (Å²) in [6.07, 6.45) is 0.0852. The molecule has 0 radical (unpaired) electrons. The minimum absolute atomic E-state index is 0.0852. The van der Waals surface area contributed by atoms with Gasteiger partial charge in [0.15, 0.2) is 0 Å². The van der Waals surface area contributed by atoms with E-state index in [1.807, 2.05) is 6.92 Å². The lowest BCUT2D eigenvalue weighted by Gasteiger charge is -2.13. The van der Waals surface area contributed by atoms with Gasteiger partial charge in [-0.1, -0.05) is 11.8 Å². The second-order valence-corrected chi connectivity index (χ2v) is 5.40. The SMILES string of the molecule is Cc1cc(N)ccc1NC(=O)CCN1C(=O)CSC1=O. The Morgan fingerprint density at radius 3 is 2.80 bits per heavy atom. The number of nitrogens with zero attached hydrogens (tertiary/aromatic N) is 1. The number of imide groups is 1. The summed E-state index contributed by atoms with van der Waals surface area (Å²) in [7, 11) is 0.